The fraction of sp³-hybridized carbons (Fsp3) is 0.375. The maximum absolute atomic E-state index is 15.2. The molecular formula is C24H26F2N8O. The Hall–Kier alpha value is -3.73. The van der Waals surface area contributed by atoms with Crippen LogP contribution in [0, 0.1) is 18.6 Å². The van der Waals surface area contributed by atoms with Crippen molar-refractivity contribution in [3.8, 4) is 11.8 Å². The Kier molecular flexibility index (Phi) is 5.28. The van der Waals surface area contributed by atoms with Crippen LogP contribution in [0.1, 0.15) is 37.1 Å². The van der Waals surface area contributed by atoms with Gasteiger partial charge in [0, 0.05) is 66.6 Å². The fourth-order valence-electron chi connectivity index (χ4n) is 4.49. The largest absolute Gasteiger partial charge is 0.421 e. The number of nitrogens with zero attached hydrogens (tertiary/aromatic N) is 4. The first-order valence-corrected chi connectivity index (χ1v) is 11.8. The van der Waals surface area contributed by atoms with Gasteiger partial charge >= 0.3 is 6.01 Å². The molecule has 1 saturated heterocycles. The van der Waals surface area contributed by atoms with Crippen LogP contribution in [0.4, 0.5) is 26.2 Å². The van der Waals surface area contributed by atoms with Gasteiger partial charge in [-0.05, 0) is 32.8 Å². The van der Waals surface area contributed by atoms with Crippen molar-refractivity contribution < 1.29 is 13.5 Å². The number of aromatic nitrogens is 5. The topological polar surface area (TPSA) is 107 Å². The number of aromatic amines is 2. The molecule has 182 valence electrons. The van der Waals surface area contributed by atoms with E-state index in [0.717, 1.165) is 44.2 Å². The van der Waals surface area contributed by atoms with E-state index in [1.165, 1.54) is 0 Å². The molecular weight excluding hydrogens is 454 g/mol. The smallest absolute Gasteiger partial charge is 0.326 e. The van der Waals surface area contributed by atoms with Crippen LogP contribution in [0.2, 0.25) is 0 Å². The summed E-state index contributed by atoms with van der Waals surface area (Å²) in [5.41, 5.74) is 1.84. The minimum absolute atomic E-state index is 0.0846. The number of ether oxygens (including phenoxy) is 1. The SMILES string of the molecule is Cc1cc2c(F)c(Oc3nc(Nc4cc(C5CC5)[nH]n4)cc(N4CCNCC4C)n3)cc(F)c2[nH]1. The lowest BCUT2D eigenvalue weighted by atomic mass is 10.2. The minimum Gasteiger partial charge on any atom is -0.421 e. The Morgan fingerprint density at radius 2 is 1.97 bits per heavy atom. The van der Waals surface area contributed by atoms with E-state index in [-0.39, 0.29) is 28.7 Å². The van der Waals surface area contributed by atoms with Gasteiger partial charge in [-0.25, -0.2) is 8.78 Å². The molecule has 4 aromatic rings. The Morgan fingerprint density at radius 1 is 1.11 bits per heavy atom. The molecule has 0 spiro atoms. The second-order valence-electron chi connectivity index (χ2n) is 9.26. The molecule has 1 saturated carbocycles. The number of H-pyrrole nitrogens is 2. The van der Waals surface area contributed by atoms with Crippen molar-refractivity contribution in [1.82, 2.24) is 30.5 Å². The van der Waals surface area contributed by atoms with Crippen molar-refractivity contribution in [1.29, 1.82) is 0 Å². The average Bonchev–Trinajstić information content (AvgIpc) is 3.45. The van der Waals surface area contributed by atoms with Gasteiger partial charge in [0.05, 0.1) is 5.52 Å². The van der Waals surface area contributed by atoms with Crippen LogP contribution in [0.15, 0.2) is 24.3 Å². The zero-order chi connectivity index (χ0) is 24.1. The van der Waals surface area contributed by atoms with Crippen molar-refractivity contribution in [3.63, 3.8) is 0 Å². The van der Waals surface area contributed by atoms with Gasteiger partial charge in [-0.2, -0.15) is 15.1 Å². The summed E-state index contributed by atoms with van der Waals surface area (Å²) in [4.78, 5) is 13.9. The highest BCUT2D eigenvalue weighted by Crippen LogP contribution is 2.40. The number of piperazine rings is 1. The number of hydrogen-bond acceptors (Lipinski definition) is 7. The monoisotopic (exact) mass is 480 g/mol. The zero-order valence-corrected chi connectivity index (χ0v) is 19.5. The van der Waals surface area contributed by atoms with E-state index in [9.17, 15) is 4.39 Å². The number of anilines is 3. The van der Waals surface area contributed by atoms with Crippen LogP contribution >= 0.6 is 0 Å². The minimum atomic E-state index is -0.675. The number of benzene rings is 1. The van der Waals surface area contributed by atoms with Crippen LogP contribution in [0.3, 0.4) is 0 Å². The lowest BCUT2D eigenvalue weighted by Crippen LogP contribution is -2.50. The molecule has 1 atom stereocenters. The second kappa shape index (κ2) is 8.49. The highest BCUT2D eigenvalue weighted by Gasteiger charge is 2.26. The number of hydrogen-bond donors (Lipinski definition) is 4. The molecule has 2 aliphatic rings. The molecule has 3 aromatic heterocycles. The first-order chi connectivity index (χ1) is 16.9. The molecule has 1 aliphatic heterocycles. The summed E-state index contributed by atoms with van der Waals surface area (Å²) in [7, 11) is 0. The molecule has 6 rings (SSSR count). The van der Waals surface area contributed by atoms with E-state index in [1.54, 1.807) is 13.0 Å². The Balaban J connectivity index is 1.36. The van der Waals surface area contributed by atoms with Crippen LogP contribution in [0.25, 0.3) is 10.9 Å². The molecule has 1 unspecified atom stereocenters. The molecule has 0 amide bonds. The number of fused-ring (bicyclic) bond motifs is 1. The predicted octanol–water partition coefficient (Wildman–Crippen LogP) is 4.48. The predicted molar refractivity (Wildman–Crippen MR) is 129 cm³/mol. The van der Waals surface area contributed by atoms with Crippen LogP contribution < -0.4 is 20.3 Å². The summed E-state index contributed by atoms with van der Waals surface area (Å²) in [5.74, 6) is 0.668. The first-order valence-electron chi connectivity index (χ1n) is 11.8. The summed E-state index contributed by atoms with van der Waals surface area (Å²) in [6.45, 7) is 6.18. The van der Waals surface area contributed by atoms with Gasteiger partial charge in [0.15, 0.2) is 23.2 Å². The summed E-state index contributed by atoms with van der Waals surface area (Å²) in [6, 6.07) is 6.43. The van der Waals surface area contributed by atoms with E-state index in [2.05, 4.69) is 47.6 Å². The number of halogens is 2. The van der Waals surface area contributed by atoms with Crippen molar-refractivity contribution in [2.45, 2.75) is 38.6 Å². The van der Waals surface area contributed by atoms with E-state index in [4.69, 9.17) is 4.74 Å². The lowest BCUT2D eigenvalue weighted by Gasteiger charge is -2.35. The van der Waals surface area contributed by atoms with Gasteiger partial charge in [-0.1, -0.05) is 0 Å². The zero-order valence-electron chi connectivity index (χ0n) is 19.5. The van der Waals surface area contributed by atoms with E-state index >= 15 is 4.39 Å². The summed E-state index contributed by atoms with van der Waals surface area (Å²) >= 11 is 0. The molecule has 11 heteroatoms. The molecule has 1 aromatic carbocycles. The summed E-state index contributed by atoms with van der Waals surface area (Å²) < 4.78 is 35.6. The van der Waals surface area contributed by atoms with Crippen molar-refractivity contribution in [2.24, 2.45) is 0 Å². The Labute approximate surface area is 200 Å². The van der Waals surface area contributed by atoms with E-state index in [0.29, 0.717) is 29.1 Å². The van der Waals surface area contributed by atoms with E-state index in [1.807, 2.05) is 12.1 Å². The van der Waals surface area contributed by atoms with Gasteiger partial charge in [0.1, 0.15) is 11.6 Å². The molecule has 4 heterocycles. The molecule has 0 radical (unpaired) electrons. The maximum Gasteiger partial charge on any atom is 0.326 e. The van der Waals surface area contributed by atoms with Gasteiger partial charge < -0.3 is 25.3 Å². The third-order valence-electron chi connectivity index (χ3n) is 6.46. The maximum atomic E-state index is 15.2. The molecule has 1 aliphatic carbocycles. The van der Waals surface area contributed by atoms with Gasteiger partial charge in [-0.15, -0.1) is 0 Å². The molecule has 4 N–H and O–H groups in total. The highest BCUT2D eigenvalue weighted by atomic mass is 19.1. The fourth-order valence-corrected chi connectivity index (χ4v) is 4.49. The molecule has 0 bridgehead atoms. The van der Waals surface area contributed by atoms with Crippen LogP contribution in [-0.4, -0.2) is 50.8 Å². The van der Waals surface area contributed by atoms with Crippen molar-refractivity contribution in [3.05, 3.63) is 47.3 Å². The summed E-state index contributed by atoms with van der Waals surface area (Å²) in [6.07, 6.45) is 2.32. The Morgan fingerprint density at radius 3 is 2.77 bits per heavy atom. The van der Waals surface area contributed by atoms with Gasteiger partial charge in [0.25, 0.3) is 0 Å². The Bertz CT molecular complexity index is 1400. The standard InChI is InChI=1S/C24H26F2N8O/c1-12-7-15-22(26)18(8-16(25)23(15)28-12)35-24-30-19(29-20-9-17(32-33-20)14-3-4-14)10-21(31-24)34-6-5-27-11-13(34)2/h7-10,13-14,27-28H,3-6,11H2,1-2H3,(H2,29,30,31,32,33). The third kappa shape index (κ3) is 4.27. The van der Waals surface area contributed by atoms with Crippen LogP contribution in [-0.2, 0) is 0 Å². The first kappa shape index (κ1) is 21.8. The lowest BCUT2D eigenvalue weighted by molar-refractivity contribution is 0.409. The molecule has 35 heavy (non-hydrogen) atoms. The van der Waals surface area contributed by atoms with Crippen molar-refractivity contribution in [2.75, 3.05) is 29.9 Å². The normalized spacial score (nSPS) is 18.3. The van der Waals surface area contributed by atoms with Gasteiger partial charge in [0.2, 0.25) is 0 Å². The van der Waals surface area contributed by atoms with Gasteiger partial charge in [-0.3, -0.25) is 5.10 Å². The molecule has 2 fully saturated rings. The number of rotatable bonds is 6. The highest BCUT2D eigenvalue weighted by molar-refractivity contribution is 5.83. The average molecular weight is 481 g/mol. The third-order valence-corrected chi connectivity index (χ3v) is 6.46. The van der Waals surface area contributed by atoms with Crippen LogP contribution in [0.5, 0.6) is 11.8 Å². The quantitative estimate of drug-likeness (QED) is 0.322. The van der Waals surface area contributed by atoms with E-state index < -0.39 is 11.6 Å². The summed E-state index contributed by atoms with van der Waals surface area (Å²) in [5, 5.41) is 14.1. The van der Waals surface area contributed by atoms with Crippen molar-refractivity contribution >= 4 is 28.4 Å². The second-order valence-corrected chi connectivity index (χ2v) is 9.26. The molecule has 9 nitrogen and oxygen atoms in total. The number of aryl methyl sites for hydroxylation is 1. The number of nitrogens with one attached hydrogen (secondary N) is 4.